The van der Waals surface area contributed by atoms with Crippen LogP contribution in [0.1, 0.15) is 24.8 Å². The van der Waals surface area contributed by atoms with Crippen molar-refractivity contribution in [2.24, 2.45) is 0 Å². The van der Waals surface area contributed by atoms with E-state index < -0.39 is 12.0 Å². The first-order valence-corrected chi connectivity index (χ1v) is 7.38. The maximum Gasteiger partial charge on any atom is 0.320 e. The van der Waals surface area contributed by atoms with Crippen molar-refractivity contribution in [1.82, 2.24) is 4.90 Å². The molecular formula is C15H20Cl2N2O3. The van der Waals surface area contributed by atoms with Gasteiger partial charge in [-0.2, -0.15) is 0 Å². The lowest BCUT2D eigenvalue weighted by molar-refractivity contribution is -0.145. The Balaban J connectivity index is 0.00000242. The van der Waals surface area contributed by atoms with E-state index in [0.29, 0.717) is 23.7 Å². The van der Waals surface area contributed by atoms with Gasteiger partial charge >= 0.3 is 5.97 Å². The van der Waals surface area contributed by atoms with Crippen LogP contribution < -0.4 is 5.32 Å². The fourth-order valence-electron chi connectivity index (χ4n) is 2.56. The number of rotatable bonds is 4. The predicted molar refractivity (Wildman–Crippen MR) is 88.9 cm³/mol. The van der Waals surface area contributed by atoms with Gasteiger partial charge in [-0.3, -0.25) is 14.5 Å². The molecule has 1 unspecified atom stereocenters. The molecule has 0 aromatic heterocycles. The predicted octanol–water partition coefficient (Wildman–Crippen LogP) is 2.95. The number of carboxylic acid groups (broad SMARTS) is 1. The molecule has 2 N–H and O–H groups in total. The molecule has 2 rings (SSSR count). The third-order valence-corrected chi connectivity index (χ3v) is 3.95. The molecular weight excluding hydrogens is 327 g/mol. The number of benzene rings is 1. The van der Waals surface area contributed by atoms with E-state index in [-0.39, 0.29) is 24.9 Å². The molecule has 0 spiro atoms. The number of carbonyl (C=O) groups is 2. The first-order chi connectivity index (χ1) is 9.97. The van der Waals surface area contributed by atoms with Crippen LogP contribution in [0.5, 0.6) is 0 Å². The minimum absolute atomic E-state index is 0. The maximum absolute atomic E-state index is 12.1. The van der Waals surface area contributed by atoms with E-state index in [0.717, 1.165) is 18.4 Å². The van der Waals surface area contributed by atoms with E-state index in [1.54, 1.807) is 17.0 Å². The number of likely N-dealkylation sites (tertiary alicyclic amines) is 1. The zero-order valence-electron chi connectivity index (χ0n) is 12.3. The number of anilines is 1. The van der Waals surface area contributed by atoms with Crippen LogP contribution in [0.15, 0.2) is 18.2 Å². The highest BCUT2D eigenvalue weighted by atomic mass is 35.5. The summed E-state index contributed by atoms with van der Waals surface area (Å²) in [5, 5.41) is 12.6. The van der Waals surface area contributed by atoms with E-state index in [9.17, 15) is 14.7 Å². The number of halogens is 2. The zero-order chi connectivity index (χ0) is 15.4. The molecule has 122 valence electrons. The fraction of sp³-hybridized carbons (Fsp3) is 0.467. The van der Waals surface area contributed by atoms with Crippen molar-refractivity contribution in [3.05, 3.63) is 28.8 Å². The summed E-state index contributed by atoms with van der Waals surface area (Å²) in [6.07, 6.45) is 2.41. The third-order valence-electron chi connectivity index (χ3n) is 3.72. The Hall–Kier alpha value is -1.30. The largest absolute Gasteiger partial charge is 0.480 e. The van der Waals surface area contributed by atoms with Crippen molar-refractivity contribution in [3.63, 3.8) is 0 Å². The van der Waals surface area contributed by atoms with Gasteiger partial charge in [-0.1, -0.05) is 24.1 Å². The van der Waals surface area contributed by atoms with Crippen LogP contribution >= 0.6 is 24.0 Å². The minimum atomic E-state index is -0.860. The van der Waals surface area contributed by atoms with Gasteiger partial charge in [0.2, 0.25) is 5.91 Å². The van der Waals surface area contributed by atoms with Gasteiger partial charge < -0.3 is 10.4 Å². The van der Waals surface area contributed by atoms with Crippen molar-refractivity contribution in [1.29, 1.82) is 0 Å². The first-order valence-electron chi connectivity index (χ1n) is 7.00. The van der Waals surface area contributed by atoms with Crippen LogP contribution in [0.25, 0.3) is 0 Å². The molecule has 7 heteroatoms. The summed E-state index contributed by atoms with van der Waals surface area (Å²) in [4.78, 5) is 25.1. The monoisotopic (exact) mass is 346 g/mol. The van der Waals surface area contributed by atoms with E-state index in [1.165, 1.54) is 0 Å². The molecule has 0 bridgehead atoms. The topological polar surface area (TPSA) is 69.6 Å². The van der Waals surface area contributed by atoms with Gasteiger partial charge in [0.15, 0.2) is 0 Å². The molecule has 0 aliphatic carbocycles. The Kier molecular flexibility index (Phi) is 7.13. The molecule has 1 aromatic rings. The molecule has 1 saturated heterocycles. The van der Waals surface area contributed by atoms with Crippen molar-refractivity contribution < 1.29 is 14.7 Å². The standard InChI is InChI=1S/C15H19ClN2O3.ClH/c1-10-5-6-11(16)8-12(10)17-14(19)9-18-7-3-2-4-13(18)15(20)21;/h5-6,8,13H,2-4,7,9H2,1H3,(H,17,19)(H,20,21);1H. The summed E-state index contributed by atoms with van der Waals surface area (Å²) in [6.45, 7) is 2.61. The average molecular weight is 347 g/mol. The van der Waals surface area contributed by atoms with Crippen molar-refractivity contribution in [3.8, 4) is 0 Å². The van der Waals surface area contributed by atoms with Crippen molar-refractivity contribution in [2.45, 2.75) is 32.2 Å². The number of carbonyl (C=O) groups excluding carboxylic acids is 1. The van der Waals surface area contributed by atoms with Gasteiger partial charge in [0.05, 0.1) is 6.54 Å². The van der Waals surface area contributed by atoms with E-state index in [4.69, 9.17) is 11.6 Å². The molecule has 22 heavy (non-hydrogen) atoms. The number of nitrogens with one attached hydrogen (secondary N) is 1. The van der Waals surface area contributed by atoms with Crippen LogP contribution in [0.4, 0.5) is 5.69 Å². The average Bonchev–Trinajstić information content (AvgIpc) is 2.43. The highest BCUT2D eigenvalue weighted by Crippen LogP contribution is 2.21. The molecule has 1 aliphatic rings. The Labute approximate surface area is 141 Å². The molecule has 1 aromatic carbocycles. The van der Waals surface area contributed by atoms with Crippen LogP contribution in [0.2, 0.25) is 5.02 Å². The lowest BCUT2D eigenvalue weighted by Gasteiger charge is -2.32. The Morgan fingerprint density at radius 2 is 2.14 bits per heavy atom. The maximum atomic E-state index is 12.1. The Morgan fingerprint density at radius 1 is 1.41 bits per heavy atom. The van der Waals surface area contributed by atoms with Gasteiger partial charge in [0.1, 0.15) is 6.04 Å². The quantitative estimate of drug-likeness (QED) is 0.879. The van der Waals surface area contributed by atoms with Crippen LogP contribution in [0, 0.1) is 6.92 Å². The number of piperidine rings is 1. The van der Waals surface area contributed by atoms with Gasteiger partial charge in [-0.05, 0) is 44.0 Å². The number of amides is 1. The third kappa shape index (κ3) is 4.87. The van der Waals surface area contributed by atoms with E-state index >= 15 is 0 Å². The second-order valence-corrected chi connectivity index (χ2v) is 5.76. The number of aryl methyl sites for hydroxylation is 1. The number of hydrogen-bond donors (Lipinski definition) is 2. The van der Waals surface area contributed by atoms with Gasteiger partial charge in [0.25, 0.3) is 0 Å². The summed E-state index contributed by atoms with van der Waals surface area (Å²) >= 11 is 5.92. The van der Waals surface area contributed by atoms with Crippen molar-refractivity contribution >= 4 is 41.6 Å². The van der Waals surface area contributed by atoms with Crippen LogP contribution in [0.3, 0.4) is 0 Å². The Morgan fingerprint density at radius 3 is 2.82 bits per heavy atom. The summed E-state index contributed by atoms with van der Waals surface area (Å²) in [6, 6.07) is 4.72. The molecule has 1 fully saturated rings. The number of nitrogens with zero attached hydrogens (tertiary/aromatic N) is 1. The summed E-state index contributed by atoms with van der Waals surface area (Å²) in [5.74, 6) is -1.07. The molecule has 5 nitrogen and oxygen atoms in total. The smallest absolute Gasteiger partial charge is 0.320 e. The summed E-state index contributed by atoms with van der Waals surface area (Å²) in [7, 11) is 0. The van der Waals surface area contributed by atoms with Crippen LogP contribution in [-0.2, 0) is 9.59 Å². The lowest BCUT2D eigenvalue weighted by atomic mass is 10.0. The summed E-state index contributed by atoms with van der Waals surface area (Å²) in [5.41, 5.74) is 1.58. The molecule has 1 heterocycles. The minimum Gasteiger partial charge on any atom is -0.480 e. The molecule has 1 atom stereocenters. The fourth-order valence-corrected chi connectivity index (χ4v) is 2.74. The second kappa shape index (κ2) is 8.36. The molecule has 0 radical (unpaired) electrons. The second-order valence-electron chi connectivity index (χ2n) is 5.33. The Bertz CT molecular complexity index is 552. The van der Waals surface area contributed by atoms with E-state index in [2.05, 4.69) is 5.32 Å². The lowest BCUT2D eigenvalue weighted by Crippen LogP contribution is -2.47. The first kappa shape index (κ1) is 18.7. The molecule has 0 saturated carbocycles. The zero-order valence-corrected chi connectivity index (χ0v) is 13.9. The normalized spacial score (nSPS) is 18.4. The summed E-state index contributed by atoms with van der Waals surface area (Å²) < 4.78 is 0. The number of hydrogen-bond acceptors (Lipinski definition) is 3. The van der Waals surface area contributed by atoms with Gasteiger partial charge in [-0.25, -0.2) is 0 Å². The van der Waals surface area contributed by atoms with Crippen LogP contribution in [-0.4, -0.2) is 41.0 Å². The highest BCUT2D eigenvalue weighted by Gasteiger charge is 2.29. The number of aliphatic carboxylic acids is 1. The van der Waals surface area contributed by atoms with Crippen molar-refractivity contribution in [2.75, 3.05) is 18.4 Å². The SMILES string of the molecule is Cc1ccc(Cl)cc1NC(=O)CN1CCCCC1C(=O)O.Cl. The molecule has 1 aliphatic heterocycles. The van der Waals surface area contributed by atoms with Gasteiger partial charge in [0, 0.05) is 10.7 Å². The van der Waals surface area contributed by atoms with E-state index in [1.807, 2.05) is 13.0 Å². The highest BCUT2D eigenvalue weighted by molar-refractivity contribution is 6.31. The van der Waals surface area contributed by atoms with Gasteiger partial charge in [-0.15, -0.1) is 12.4 Å². The number of carboxylic acids is 1. The molecule has 1 amide bonds.